The fourth-order valence-electron chi connectivity index (χ4n) is 2.15. The van der Waals surface area contributed by atoms with Crippen LogP contribution in [0.25, 0.3) is 11.1 Å². The van der Waals surface area contributed by atoms with Crippen molar-refractivity contribution in [3.8, 4) is 11.1 Å². The van der Waals surface area contributed by atoms with Crippen molar-refractivity contribution in [1.82, 2.24) is 9.97 Å². The zero-order chi connectivity index (χ0) is 14.0. The first kappa shape index (κ1) is 13.3. The third kappa shape index (κ3) is 2.67. The highest BCUT2D eigenvalue weighted by Crippen LogP contribution is 2.29. The molecule has 19 heavy (non-hydrogen) atoms. The maximum absolute atomic E-state index is 6.00. The van der Waals surface area contributed by atoms with E-state index in [2.05, 4.69) is 48.1 Å². The summed E-state index contributed by atoms with van der Waals surface area (Å²) in [5.41, 5.74) is 15.8. The lowest BCUT2D eigenvalue weighted by atomic mass is 9.97. The zero-order valence-corrected chi connectivity index (χ0v) is 11.6. The first-order chi connectivity index (χ1) is 9.02. The Hall–Kier alpha value is -2.10. The smallest absolute Gasteiger partial charge is 0.222 e. The number of anilines is 2. The summed E-state index contributed by atoms with van der Waals surface area (Å²) < 4.78 is 0. The number of nitrogens with zero attached hydrogens (tertiary/aromatic N) is 2. The minimum atomic E-state index is 0.233. The number of hydrogen-bond acceptors (Lipinski definition) is 4. The molecule has 0 radical (unpaired) electrons. The number of hydrogen-bond donors (Lipinski definition) is 2. The largest absolute Gasteiger partial charge is 0.383 e. The van der Waals surface area contributed by atoms with E-state index in [-0.39, 0.29) is 5.95 Å². The van der Waals surface area contributed by atoms with E-state index in [1.807, 2.05) is 6.92 Å². The predicted molar refractivity (Wildman–Crippen MR) is 79.8 cm³/mol. The molecule has 4 heteroatoms. The maximum Gasteiger partial charge on any atom is 0.222 e. The van der Waals surface area contributed by atoms with Gasteiger partial charge in [0.1, 0.15) is 5.82 Å². The van der Waals surface area contributed by atoms with E-state index in [1.54, 1.807) is 0 Å². The van der Waals surface area contributed by atoms with Gasteiger partial charge in [-0.15, -0.1) is 0 Å². The van der Waals surface area contributed by atoms with Crippen LogP contribution < -0.4 is 11.5 Å². The van der Waals surface area contributed by atoms with Gasteiger partial charge < -0.3 is 11.5 Å². The second-order valence-electron chi connectivity index (χ2n) is 4.92. The highest BCUT2D eigenvalue weighted by Gasteiger charge is 2.12. The summed E-state index contributed by atoms with van der Waals surface area (Å²) in [6, 6.07) is 8.38. The summed E-state index contributed by atoms with van der Waals surface area (Å²) in [6.07, 6.45) is 0.776. The Labute approximate surface area is 113 Å². The van der Waals surface area contributed by atoms with Crippen molar-refractivity contribution < 1.29 is 0 Å². The first-order valence-electron chi connectivity index (χ1n) is 6.55. The number of nitrogens with two attached hydrogens (primary N) is 2. The van der Waals surface area contributed by atoms with Crippen LogP contribution in [-0.2, 0) is 6.42 Å². The Morgan fingerprint density at radius 3 is 2.21 bits per heavy atom. The lowest BCUT2D eigenvalue weighted by molar-refractivity contribution is 0.867. The van der Waals surface area contributed by atoms with E-state index in [0.29, 0.717) is 11.7 Å². The number of nitrogen functional groups attached to an aromatic ring is 2. The molecule has 1 aromatic heterocycles. The van der Waals surface area contributed by atoms with Crippen LogP contribution in [0.2, 0.25) is 0 Å². The summed E-state index contributed by atoms with van der Waals surface area (Å²) in [5, 5.41) is 0. The van der Waals surface area contributed by atoms with E-state index in [1.165, 1.54) is 5.56 Å². The van der Waals surface area contributed by atoms with Gasteiger partial charge in [-0.25, -0.2) is 4.98 Å². The van der Waals surface area contributed by atoms with Gasteiger partial charge in [0.05, 0.1) is 5.69 Å². The van der Waals surface area contributed by atoms with Crippen LogP contribution in [0.3, 0.4) is 0 Å². The Morgan fingerprint density at radius 1 is 1.05 bits per heavy atom. The average molecular weight is 256 g/mol. The molecule has 0 bridgehead atoms. The van der Waals surface area contributed by atoms with Gasteiger partial charge in [-0.1, -0.05) is 45.0 Å². The van der Waals surface area contributed by atoms with Crippen molar-refractivity contribution in [2.75, 3.05) is 11.5 Å². The molecule has 2 rings (SSSR count). The molecule has 4 N–H and O–H groups in total. The number of aromatic nitrogens is 2. The van der Waals surface area contributed by atoms with Gasteiger partial charge in [-0.05, 0) is 23.5 Å². The van der Waals surface area contributed by atoms with Crippen molar-refractivity contribution in [3.63, 3.8) is 0 Å². The molecule has 0 aliphatic rings. The van der Waals surface area contributed by atoms with E-state index in [9.17, 15) is 0 Å². The van der Waals surface area contributed by atoms with E-state index >= 15 is 0 Å². The summed E-state index contributed by atoms with van der Waals surface area (Å²) >= 11 is 0. The zero-order valence-electron chi connectivity index (χ0n) is 11.6. The van der Waals surface area contributed by atoms with Crippen molar-refractivity contribution in [2.24, 2.45) is 0 Å². The quantitative estimate of drug-likeness (QED) is 0.885. The van der Waals surface area contributed by atoms with Gasteiger partial charge in [-0.3, -0.25) is 0 Å². The lowest BCUT2D eigenvalue weighted by Gasteiger charge is -2.12. The van der Waals surface area contributed by atoms with Crippen LogP contribution >= 0.6 is 0 Å². The summed E-state index contributed by atoms with van der Waals surface area (Å²) in [4.78, 5) is 8.33. The van der Waals surface area contributed by atoms with E-state index in [0.717, 1.165) is 23.2 Å². The normalized spacial score (nSPS) is 10.9. The molecule has 0 spiro atoms. The molecule has 0 unspecified atom stereocenters. The van der Waals surface area contributed by atoms with Crippen LogP contribution in [0.4, 0.5) is 11.8 Å². The molecule has 0 saturated carbocycles. The van der Waals surface area contributed by atoms with Crippen LogP contribution in [0.15, 0.2) is 24.3 Å². The fraction of sp³-hybridized carbons (Fsp3) is 0.333. The van der Waals surface area contributed by atoms with Crippen LogP contribution in [0.1, 0.15) is 37.9 Å². The highest BCUT2D eigenvalue weighted by atomic mass is 15.0. The fourth-order valence-corrected chi connectivity index (χ4v) is 2.15. The van der Waals surface area contributed by atoms with Gasteiger partial charge in [0, 0.05) is 5.56 Å². The first-order valence-corrected chi connectivity index (χ1v) is 6.55. The van der Waals surface area contributed by atoms with Crippen LogP contribution in [-0.4, -0.2) is 9.97 Å². The highest BCUT2D eigenvalue weighted by molar-refractivity contribution is 5.76. The van der Waals surface area contributed by atoms with Crippen molar-refractivity contribution in [2.45, 2.75) is 33.1 Å². The van der Waals surface area contributed by atoms with Gasteiger partial charge in [-0.2, -0.15) is 4.98 Å². The molecule has 2 aromatic rings. The van der Waals surface area contributed by atoms with Gasteiger partial charge in [0.25, 0.3) is 0 Å². The topological polar surface area (TPSA) is 77.8 Å². The third-order valence-corrected chi connectivity index (χ3v) is 3.23. The van der Waals surface area contributed by atoms with Crippen LogP contribution in [0.5, 0.6) is 0 Å². The molecule has 4 nitrogen and oxygen atoms in total. The Morgan fingerprint density at radius 2 is 1.68 bits per heavy atom. The molecule has 1 aromatic carbocycles. The molecule has 0 aliphatic heterocycles. The summed E-state index contributed by atoms with van der Waals surface area (Å²) in [5.74, 6) is 1.19. The SMILES string of the molecule is CCc1nc(N)nc(N)c1-c1ccc(C(C)C)cc1. The second-order valence-corrected chi connectivity index (χ2v) is 4.92. The lowest BCUT2D eigenvalue weighted by Crippen LogP contribution is -2.06. The van der Waals surface area contributed by atoms with Crippen molar-refractivity contribution in [3.05, 3.63) is 35.5 Å². The molecule has 0 amide bonds. The van der Waals surface area contributed by atoms with Gasteiger partial charge in [0.15, 0.2) is 0 Å². The molecule has 0 saturated heterocycles. The Balaban J connectivity index is 2.52. The molecular weight excluding hydrogens is 236 g/mol. The average Bonchev–Trinajstić information content (AvgIpc) is 2.38. The Kier molecular flexibility index (Phi) is 3.69. The molecule has 100 valence electrons. The molecular formula is C15H20N4. The number of aryl methyl sites for hydroxylation is 1. The van der Waals surface area contributed by atoms with E-state index in [4.69, 9.17) is 11.5 Å². The predicted octanol–water partition coefficient (Wildman–Crippen LogP) is 2.99. The summed E-state index contributed by atoms with van der Waals surface area (Å²) in [6.45, 7) is 6.38. The second kappa shape index (κ2) is 5.26. The van der Waals surface area contributed by atoms with Crippen LogP contribution in [0, 0.1) is 0 Å². The van der Waals surface area contributed by atoms with Crippen molar-refractivity contribution in [1.29, 1.82) is 0 Å². The molecule has 0 fully saturated rings. The monoisotopic (exact) mass is 256 g/mol. The number of rotatable bonds is 3. The van der Waals surface area contributed by atoms with Gasteiger partial charge in [0.2, 0.25) is 5.95 Å². The summed E-state index contributed by atoms with van der Waals surface area (Å²) in [7, 11) is 0. The van der Waals surface area contributed by atoms with E-state index < -0.39 is 0 Å². The van der Waals surface area contributed by atoms with Crippen molar-refractivity contribution >= 4 is 11.8 Å². The molecule has 1 heterocycles. The standard InChI is InChI=1S/C15H20N4/c1-4-12-13(14(16)19-15(17)18-12)11-7-5-10(6-8-11)9(2)3/h5-9H,4H2,1-3H3,(H4,16,17,18,19). The maximum atomic E-state index is 6.00. The molecule has 0 aliphatic carbocycles. The molecule has 0 atom stereocenters. The minimum absolute atomic E-state index is 0.233. The Bertz CT molecular complexity index is 573. The minimum Gasteiger partial charge on any atom is -0.383 e. The van der Waals surface area contributed by atoms with Gasteiger partial charge >= 0.3 is 0 Å². The number of benzene rings is 1. The third-order valence-electron chi connectivity index (χ3n) is 3.23.